The molecule has 1 aromatic rings. The van der Waals surface area contributed by atoms with Gasteiger partial charge in [0, 0.05) is 11.9 Å². The summed E-state index contributed by atoms with van der Waals surface area (Å²) in [6, 6.07) is 3.75. The topological polar surface area (TPSA) is 36.4 Å². The van der Waals surface area contributed by atoms with Gasteiger partial charge in [-0.3, -0.25) is 4.99 Å². The number of nitrogens with one attached hydrogen (secondary N) is 2. The second kappa shape index (κ2) is 5.25. The van der Waals surface area contributed by atoms with E-state index in [0.717, 1.165) is 29.9 Å². The maximum absolute atomic E-state index is 6.14. The van der Waals surface area contributed by atoms with Gasteiger partial charge in [0.15, 0.2) is 5.96 Å². The fourth-order valence-corrected chi connectivity index (χ4v) is 2.37. The Morgan fingerprint density at radius 3 is 2.56 bits per heavy atom. The average molecular weight is 323 g/mol. The SMILES string of the molecule is Clc1cc(CBr)cc(Cl)c1NC1=NCCN1. The van der Waals surface area contributed by atoms with Crippen molar-refractivity contribution in [3.8, 4) is 0 Å². The maximum atomic E-state index is 6.14. The van der Waals surface area contributed by atoms with Crippen LogP contribution in [0.4, 0.5) is 5.69 Å². The molecule has 1 aliphatic rings. The summed E-state index contributed by atoms with van der Waals surface area (Å²) in [5.74, 6) is 0.718. The fraction of sp³-hybridized carbons (Fsp3) is 0.300. The lowest BCUT2D eigenvalue weighted by molar-refractivity contribution is 0.959. The van der Waals surface area contributed by atoms with Crippen LogP contribution < -0.4 is 10.6 Å². The predicted octanol–water partition coefficient (Wildman–Crippen LogP) is 3.26. The smallest absolute Gasteiger partial charge is 0.196 e. The maximum Gasteiger partial charge on any atom is 0.196 e. The quantitative estimate of drug-likeness (QED) is 0.820. The summed E-state index contributed by atoms with van der Waals surface area (Å²) in [7, 11) is 0. The summed E-state index contributed by atoms with van der Waals surface area (Å²) in [6.07, 6.45) is 0. The van der Waals surface area contributed by atoms with Gasteiger partial charge in [0.25, 0.3) is 0 Å². The summed E-state index contributed by atoms with van der Waals surface area (Å²) in [5.41, 5.74) is 1.74. The van der Waals surface area contributed by atoms with E-state index in [4.69, 9.17) is 23.2 Å². The Hall–Kier alpha value is -0.450. The third-order valence-electron chi connectivity index (χ3n) is 2.17. The molecule has 1 aromatic carbocycles. The Balaban J connectivity index is 2.26. The number of aliphatic imine (C=N–C) groups is 1. The minimum absolute atomic E-state index is 0.596. The molecule has 0 saturated heterocycles. The number of hydrogen-bond donors (Lipinski definition) is 2. The first kappa shape index (κ1) is 12.0. The van der Waals surface area contributed by atoms with E-state index in [1.54, 1.807) is 0 Å². The first-order chi connectivity index (χ1) is 7.70. The van der Waals surface area contributed by atoms with Crippen LogP contribution in [-0.2, 0) is 5.33 Å². The van der Waals surface area contributed by atoms with Gasteiger partial charge in [0.1, 0.15) is 0 Å². The van der Waals surface area contributed by atoms with E-state index in [1.165, 1.54) is 0 Å². The first-order valence-electron chi connectivity index (χ1n) is 4.80. The molecule has 2 rings (SSSR count). The van der Waals surface area contributed by atoms with Crippen LogP contribution in [0.15, 0.2) is 17.1 Å². The minimum Gasteiger partial charge on any atom is -0.354 e. The molecule has 0 atom stereocenters. The molecule has 6 heteroatoms. The van der Waals surface area contributed by atoms with E-state index in [-0.39, 0.29) is 0 Å². The van der Waals surface area contributed by atoms with Gasteiger partial charge in [-0.15, -0.1) is 0 Å². The molecule has 0 fully saturated rings. The van der Waals surface area contributed by atoms with Gasteiger partial charge in [0.2, 0.25) is 0 Å². The monoisotopic (exact) mass is 321 g/mol. The number of halogens is 3. The van der Waals surface area contributed by atoms with E-state index in [1.807, 2.05) is 12.1 Å². The Bertz CT molecular complexity index is 411. The van der Waals surface area contributed by atoms with E-state index in [2.05, 4.69) is 31.6 Å². The van der Waals surface area contributed by atoms with Crippen molar-refractivity contribution in [1.29, 1.82) is 0 Å². The average Bonchev–Trinajstić information content (AvgIpc) is 2.75. The van der Waals surface area contributed by atoms with Gasteiger partial charge in [-0.2, -0.15) is 0 Å². The third kappa shape index (κ3) is 2.62. The number of anilines is 1. The number of alkyl halides is 1. The molecule has 1 heterocycles. The van der Waals surface area contributed by atoms with Gasteiger partial charge in [-0.05, 0) is 17.7 Å². The zero-order chi connectivity index (χ0) is 11.5. The molecule has 0 bridgehead atoms. The molecule has 0 amide bonds. The minimum atomic E-state index is 0.596. The van der Waals surface area contributed by atoms with Gasteiger partial charge in [-0.1, -0.05) is 39.1 Å². The van der Waals surface area contributed by atoms with Crippen LogP contribution in [0.5, 0.6) is 0 Å². The van der Waals surface area contributed by atoms with Crippen molar-refractivity contribution in [2.75, 3.05) is 18.4 Å². The second-order valence-corrected chi connectivity index (χ2v) is 4.73. The molecular formula is C10H10BrCl2N3. The number of hydrogen-bond acceptors (Lipinski definition) is 3. The molecule has 0 aliphatic carbocycles. The Morgan fingerprint density at radius 2 is 2.06 bits per heavy atom. The summed E-state index contributed by atoms with van der Waals surface area (Å²) < 4.78 is 0. The van der Waals surface area contributed by atoms with E-state index in [9.17, 15) is 0 Å². The molecule has 0 radical (unpaired) electrons. The van der Waals surface area contributed by atoms with E-state index < -0.39 is 0 Å². The van der Waals surface area contributed by atoms with Crippen LogP contribution in [-0.4, -0.2) is 19.0 Å². The lowest BCUT2D eigenvalue weighted by atomic mass is 10.2. The first-order valence-corrected chi connectivity index (χ1v) is 6.67. The van der Waals surface area contributed by atoms with Gasteiger partial charge in [-0.25, -0.2) is 0 Å². The summed E-state index contributed by atoms with van der Waals surface area (Å²) >= 11 is 15.6. The highest BCUT2D eigenvalue weighted by molar-refractivity contribution is 9.08. The van der Waals surface area contributed by atoms with Crippen LogP contribution in [0.3, 0.4) is 0 Å². The summed E-state index contributed by atoms with van der Waals surface area (Å²) in [4.78, 5) is 4.22. The molecule has 2 N–H and O–H groups in total. The normalized spacial score (nSPS) is 14.6. The summed E-state index contributed by atoms with van der Waals surface area (Å²) in [5, 5.41) is 8.11. The highest BCUT2D eigenvalue weighted by Crippen LogP contribution is 2.32. The Morgan fingerprint density at radius 1 is 1.38 bits per heavy atom. The predicted molar refractivity (Wildman–Crippen MR) is 73.0 cm³/mol. The number of nitrogens with zero attached hydrogens (tertiary/aromatic N) is 1. The molecule has 86 valence electrons. The van der Waals surface area contributed by atoms with Crippen LogP contribution >= 0.6 is 39.1 Å². The molecule has 0 unspecified atom stereocenters. The number of benzene rings is 1. The van der Waals surface area contributed by atoms with Crippen molar-refractivity contribution in [3.63, 3.8) is 0 Å². The molecule has 16 heavy (non-hydrogen) atoms. The zero-order valence-electron chi connectivity index (χ0n) is 8.36. The number of rotatable bonds is 2. The highest BCUT2D eigenvalue weighted by atomic mass is 79.9. The van der Waals surface area contributed by atoms with E-state index >= 15 is 0 Å². The van der Waals surface area contributed by atoms with Crippen molar-refractivity contribution in [2.24, 2.45) is 4.99 Å². The van der Waals surface area contributed by atoms with E-state index in [0.29, 0.717) is 15.7 Å². The zero-order valence-corrected chi connectivity index (χ0v) is 11.5. The van der Waals surface area contributed by atoms with Gasteiger partial charge < -0.3 is 10.6 Å². The molecule has 1 aliphatic heterocycles. The molecular weight excluding hydrogens is 313 g/mol. The lowest BCUT2D eigenvalue weighted by Crippen LogP contribution is -2.26. The molecule has 0 saturated carbocycles. The van der Waals surface area contributed by atoms with Crippen molar-refractivity contribution in [1.82, 2.24) is 5.32 Å². The second-order valence-electron chi connectivity index (χ2n) is 3.35. The largest absolute Gasteiger partial charge is 0.354 e. The lowest BCUT2D eigenvalue weighted by Gasteiger charge is -2.11. The fourth-order valence-electron chi connectivity index (χ4n) is 1.42. The van der Waals surface area contributed by atoms with Crippen LogP contribution in [0, 0.1) is 0 Å². The van der Waals surface area contributed by atoms with Crippen LogP contribution in [0.2, 0.25) is 10.0 Å². The standard InChI is InChI=1S/C10H10BrCl2N3/c11-5-6-3-7(12)9(8(13)4-6)16-10-14-1-2-15-10/h3-4H,1-2,5H2,(H2,14,15,16). The third-order valence-corrected chi connectivity index (χ3v) is 3.42. The van der Waals surface area contributed by atoms with Crippen molar-refractivity contribution in [3.05, 3.63) is 27.7 Å². The number of guanidine groups is 1. The van der Waals surface area contributed by atoms with Crippen LogP contribution in [0.1, 0.15) is 5.56 Å². The van der Waals surface area contributed by atoms with Crippen molar-refractivity contribution >= 4 is 50.8 Å². The Kier molecular flexibility index (Phi) is 3.95. The highest BCUT2D eigenvalue weighted by Gasteiger charge is 2.11. The Labute approximate surface area is 112 Å². The van der Waals surface area contributed by atoms with Gasteiger partial charge in [0.05, 0.1) is 22.3 Å². The van der Waals surface area contributed by atoms with Crippen LogP contribution in [0.25, 0.3) is 0 Å². The molecule has 0 spiro atoms. The molecule has 3 nitrogen and oxygen atoms in total. The van der Waals surface area contributed by atoms with Crippen molar-refractivity contribution in [2.45, 2.75) is 5.33 Å². The summed E-state index contributed by atoms with van der Waals surface area (Å²) in [6.45, 7) is 1.62. The van der Waals surface area contributed by atoms with Crippen molar-refractivity contribution < 1.29 is 0 Å². The van der Waals surface area contributed by atoms with Gasteiger partial charge >= 0.3 is 0 Å². The molecule has 0 aromatic heterocycles.